The highest BCUT2D eigenvalue weighted by atomic mass is 16.5. The van der Waals surface area contributed by atoms with Crippen LogP contribution in [0, 0.1) is 0 Å². The number of hydrogen-bond donors (Lipinski definition) is 1. The van der Waals surface area contributed by atoms with Gasteiger partial charge in [-0.15, -0.1) is 0 Å². The molecular formula is C15H26N2O2. The van der Waals surface area contributed by atoms with Gasteiger partial charge in [-0.1, -0.05) is 0 Å². The number of hydrogen-bond acceptors (Lipinski definition) is 4. The molecule has 0 bridgehead atoms. The van der Waals surface area contributed by atoms with Gasteiger partial charge in [-0.25, -0.2) is 0 Å². The SMILES string of the molecule is COc1cc(CCCNCCN(C)C)cc(OC)c1. The van der Waals surface area contributed by atoms with Gasteiger partial charge in [-0.3, -0.25) is 0 Å². The van der Waals surface area contributed by atoms with Gasteiger partial charge in [-0.2, -0.15) is 0 Å². The quantitative estimate of drug-likeness (QED) is 0.691. The monoisotopic (exact) mass is 266 g/mol. The van der Waals surface area contributed by atoms with E-state index in [4.69, 9.17) is 9.47 Å². The van der Waals surface area contributed by atoms with E-state index < -0.39 is 0 Å². The molecule has 0 aromatic heterocycles. The van der Waals surface area contributed by atoms with Gasteiger partial charge in [0.2, 0.25) is 0 Å². The number of aryl methyl sites for hydroxylation is 1. The van der Waals surface area contributed by atoms with Gasteiger partial charge in [0.25, 0.3) is 0 Å². The molecule has 1 aromatic carbocycles. The molecule has 108 valence electrons. The molecule has 19 heavy (non-hydrogen) atoms. The molecule has 0 fully saturated rings. The fraction of sp³-hybridized carbons (Fsp3) is 0.600. The molecule has 0 aliphatic carbocycles. The Hall–Kier alpha value is -1.26. The van der Waals surface area contributed by atoms with E-state index >= 15 is 0 Å². The van der Waals surface area contributed by atoms with Gasteiger partial charge >= 0.3 is 0 Å². The maximum absolute atomic E-state index is 5.27. The van der Waals surface area contributed by atoms with Crippen molar-refractivity contribution in [1.29, 1.82) is 0 Å². The first kappa shape index (κ1) is 15.8. The number of nitrogens with zero attached hydrogens (tertiary/aromatic N) is 1. The summed E-state index contributed by atoms with van der Waals surface area (Å²) in [5.74, 6) is 1.71. The van der Waals surface area contributed by atoms with Crippen molar-refractivity contribution in [3.05, 3.63) is 23.8 Å². The van der Waals surface area contributed by atoms with E-state index in [1.165, 1.54) is 5.56 Å². The van der Waals surface area contributed by atoms with Crippen LogP contribution in [0.5, 0.6) is 11.5 Å². The third kappa shape index (κ3) is 6.45. The first-order chi connectivity index (χ1) is 9.15. The second kappa shape index (κ2) is 8.77. The number of rotatable bonds is 9. The lowest BCUT2D eigenvalue weighted by Gasteiger charge is -2.11. The summed E-state index contributed by atoms with van der Waals surface area (Å²) in [6, 6.07) is 6.05. The molecule has 1 rings (SSSR count). The van der Waals surface area contributed by atoms with Crippen LogP contribution < -0.4 is 14.8 Å². The molecule has 0 spiro atoms. The third-order valence-corrected chi connectivity index (χ3v) is 2.97. The molecule has 0 atom stereocenters. The van der Waals surface area contributed by atoms with Crippen LogP contribution in [-0.2, 0) is 6.42 Å². The van der Waals surface area contributed by atoms with Crippen LogP contribution in [0.15, 0.2) is 18.2 Å². The molecule has 1 N–H and O–H groups in total. The molecule has 4 heteroatoms. The zero-order valence-corrected chi connectivity index (χ0v) is 12.5. The summed E-state index contributed by atoms with van der Waals surface area (Å²) in [4.78, 5) is 2.18. The summed E-state index contributed by atoms with van der Waals surface area (Å²) in [6.07, 6.45) is 2.15. The van der Waals surface area contributed by atoms with Crippen molar-refractivity contribution in [2.75, 3.05) is 47.9 Å². The van der Waals surface area contributed by atoms with Crippen molar-refractivity contribution in [1.82, 2.24) is 10.2 Å². The zero-order chi connectivity index (χ0) is 14.1. The summed E-state index contributed by atoms with van der Waals surface area (Å²) in [7, 11) is 7.54. The maximum Gasteiger partial charge on any atom is 0.122 e. The minimum atomic E-state index is 0.856. The first-order valence-electron chi connectivity index (χ1n) is 6.73. The van der Waals surface area contributed by atoms with E-state index in [2.05, 4.69) is 36.4 Å². The van der Waals surface area contributed by atoms with Gasteiger partial charge in [0, 0.05) is 19.2 Å². The van der Waals surface area contributed by atoms with Crippen molar-refractivity contribution in [2.45, 2.75) is 12.8 Å². The Morgan fingerprint density at radius 3 is 2.16 bits per heavy atom. The maximum atomic E-state index is 5.27. The predicted octanol–water partition coefficient (Wildman–Crippen LogP) is 1.79. The Bertz CT molecular complexity index is 345. The van der Waals surface area contributed by atoms with Crippen molar-refractivity contribution in [3.63, 3.8) is 0 Å². The fourth-order valence-corrected chi connectivity index (χ4v) is 1.86. The molecule has 0 saturated heterocycles. The Kier molecular flexibility index (Phi) is 7.30. The third-order valence-electron chi connectivity index (χ3n) is 2.97. The van der Waals surface area contributed by atoms with Crippen LogP contribution in [0.4, 0.5) is 0 Å². The fourth-order valence-electron chi connectivity index (χ4n) is 1.86. The van der Waals surface area contributed by atoms with Crippen LogP contribution in [0.3, 0.4) is 0 Å². The van der Waals surface area contributed by atoms with Crippen molar-refractivity contribution >= 4 is 0 Å². The standard InChI is InChI=1S/C15H26N2O2/c1-17(2)9-8-16-7-5-6-13-10-14(18-3)12-15(11-13)19-4/h10-12,16H,5-9H2,1-4H3. The van der Waals surface area contributed by atoms with E-state index in [1.54, 1.807) is 14.2 Å². The summed E-state index contributed by atoms with van der Waals surface area (Å²) < 4.78 is 10.5. The van der Waals surface area contributed by atoms with Crippen LogP contribution in [0.2, 0.25) is 0 Å². The molecule has 0 aliphatic rings. The van der Waals surface area contributed by atoms with E-state index in [1.807, 2.05) is 6.07 Å². The highest BCUT2D eigenvalue weighted by molar-refractivity contribution is 5.38. The van der Waals surface area contributed by atoms with Gasteiger partial charge in [-0.05, 0) is 51.2 Å². The van der Waals surface area contributed by atoms with Crippen molar-refractivity contribution in [3.8, 4) is 11.5 Å². The van der Waals surface area contributed by atoms with Gasteiger partial charge < -0.3 is 19.7 Å². The van der Waals surface area contributed by atoms with E-state index in [-0.39, 0.29) is 0 Å². The Morgan fingerprint density at radius 2 is 1.63 bits per heavy atom. The van der Waals surface area contributed by atoms with Crippen LogP contribution >= 0.6 is 0 Å². The highest BCUT2D eigenvalue weighted by Gasteiger charge is 2.01. The molecule has 0 heterocycles. The Balaban J connectivity index is 2.32. The molecule has 0 saturated carbocycles. The lowest BCUT2D eigenvalue weighted by molar-refractivity contribution is 0.392. The second-order valence-electron chi connectivity index (χ2n) is 4.88. The number of methoxy groups -OCH3 is 2. The number of benzene rings is 1. The molecule has 4 nitrogen and oxygen atoms in total. The first-order valence-corrected chi connectivity index (χ1v) is 6.73. The van der Waals surface area contributed by atoms with Gasteiger partial charge in [0.1, 0.15) is 11.5 Å². The minimum absolute atomic E-state index is 0.856. The number of nitrogens with one attached hydrogen (secondary N) is 1. The summed E-state index contributed by atoms with van der Waals surface area (Å²) in [5.41, 5.74) is 1.26. The van der Waals surface area contributed by atoms with Crippen LogP contribution in [-0.4, -0.2) is 52.8 Å². The summed E-state index contributed by atoms with van der Waals surface area (Å²) in [5, 5.41) is 3.44. The lowest BCUT2D eigenvalue weighted by Crippen LogP contribution is -2.27. The van der Waals surface area contributed by atoms with E-state index in [0.717, 1.165) is 44.0 Å². The summed E-state index contributed by atoms with van der Waals surface area (Å²) in [6.45, 7) is 3.15. The largest absolute Gasteiger partial charge is 0.497 e. The average molecular weight is 266 g/mol. The Labute approximate surface area is 116 Å². The normalized spacial score (nSPS) is 10.8. The average Bonchev–Trinajstić information content (AvgIpc) is 2.41. The lowest BCUT2D eigenvalue weighted by atomic mass is 10.1. The molecule has 1 aromatic rings. The zero-order valence-electron chi connectivity index (χ0n) is 12.5. The van der Waals surface area contributed by atoms with Gasteiger partial charge in [0.15, 0.2) is 0 Å². The highest BCUT2D eigenvalue weighted by Crippen LogP contribution is 2.23. The topological polar surface area (TPSA) is 33.7 Å². The molecule has 0 radical (unpaired) electrons. The van der Waals surface area contributed by atoms with E-state index in [0.29, 0.717) is 0 Å². The predicted molar refractivity (Wildman–Crippen MR) is 79.3 cm³/mol. The van der Waals surface area contributed by atoms with E-state index in [9.17, 15) is 0 Å². The van der Waals surface area contributed by atoms with Crippen LogP contribution in [0.1, 0.15) is 12.0 Å². The smallest absolute Gasteiger partial charge is 0.122 e. The van der Waals surface area contributed by atoms with Gasteiger partial charge in [0.05, 0.1) is 14.2 Å². The minimum Gasteiger partial charge on any atom is -0.497 e. The molecular weight excluding hydrogens is 240 g/mol. The van der Waals surface area contributed by atoms with Crippen molar-refractivity contribution < 1.29 is 9.47 Å². The number of likely N-dealkylation sites (N-methyl/N-ethyl adjacent to an activating group) is 1. The molecule has 0 amide bonds. The molecule has 0 aliphatic heterocycles. The van der Waals surface area contributed by atoms with Crippen molar-refractivity contribution in [2.24, 2.45) is 0 Å². The Morgan fingerprint density at radius 1 is 1.00 bits per heavy atom. The number of ether oxygens (including phenoxy) is 2. The summed E-state index contributed by atoms with van der Waals surface area (Å²) >= 11 is 0. The second-order valence-corrected chi connectivity index (χ2v) is 4.88. The van der Waals surface area contributed by atoms with Crippen LogP contribution in [0.25, 0.3) is 0 Å². The molecule has 0 unspecified atom stereocenters.